The number of urea groups is 1. The van der Waals surface area contributed by atoms with Crippen LogP contribution in [0, 0.1) is 12.7 Å². The Balaban J connectivity index is 2.12. The third kappa shape index (κ3) is 3.05. The second kappa shape index (κ2) is 5.87. The molecule has 0 bridgehead atoms. The number of nitrogens with zero attached hydrogens (tertiary/aromatic N) is 1. The summed E-state index contributed by atoms with van der Waals surface area (Å²) >= 11 is 0. The molecule has 0 radical (unpaired) electrons. The van der Waals surface area contributed by atoms with E-state index in [0.29, 0.717) is 17.9 Å². The number of morpholine rings is 1. The number of aliphatic carboxylic acids is 1. The van der Waals surface area contributed by atoms with Crippen LogP contribution in [0.25, 0.3) is 0 Å². The van der Waals surface area contributed by atoms with Gasteiger partial charge in [0.1, 0.15) is 5.82 Å². The van der Waals surface area contributed by atoms with Crippen molar-refractivity contribution in [1.29, 1.82) is 0 Å². The van der Waals surface area contributed by atoms with E-state index in [4.69, 9.17) is 9.84 Å². The summed E-state index contributed by atoms with van der Waals surface area (Å²) in [6.07, 6.45) is 0. The molecule has 1 unspecified atom stereocenters. The van der Waals surface area contributed by atoms with Gasteiger partial charge in [-0.2, -0.15) is 0 Å². The lowest BCUT2D eigenvalue weighted by Crippen LogP contribution is -2.54. The summed E-state index contributed by atoms with van der Waals surface area (Å²) in [5.74, 6) is -1.51. The second-order valence-corrected chi connectivity index (χ2v) is 4.51. The lowest BCUT2D eigenvalue weighted by atomic mass is 10.2. The average Bonchev–Trinajstić information content (AvgIpc) is 2.41. The van der Waals surface area contributed by atoms with Crippen LogP contribution in [0.15, 0.2) is 18.2 Å². The summed E-state index contributed by atoms with van der Waals surface area (Å²) < 4.78 is 18.1. The normalized spacial score (nSPS) is 18.7. The smallest absolute Gasteiger partial charge is 0.328 e. The first kappa shape index (κ1) is 14.3. The maximum absolute atomic E-state index is 13.0. The Morgan fingerprint density at radius 3 is 2.90 bits per heavy atom. The van der Waals surface area contributed by atoms with E-state index in [-0.39, 0.29) is 13.2 Å². The van der Waals surface area contributed by atoms with Crippen LogP contribution in [0.5, 0.6) is 0 Å². The van der Waals surface area contributed by atoms with Gasteiger partial charge in [-0.3, -0.25) is 0 Å². The maximum atomic E-state index is 13.0. The van der Waals surface area contributed by atoms with Crippen LogP contribution < -0.4 is 5.32 Å². The fraction of sp³-hybridized carbons (Fsp3) is 0.385. The number of nitrogens with one attached hydrogen (secondary N) is 1. The molecule has 0 aromatic heterocycles. The Kier molecular flexibility index (Phi) is 4.19. The van der Waals surface area contributed by atoms with Crippen molar-refractivity contribution in [1.82, 2.24) is 4.90 Å². The third-order valence-electron chi connectivity index (χ3n) is 3.10. The monoisotopic (exact) mass is 282 g/mol. The molecule has 2 N–H and O–H groups in total. The zero-order valence-electron chi connectivity index (χ0n) is 10.9. The van der Waals surface area contributed by atoms with E-state index in [2.05, 4.69) is 5.32 Å². The number of ether oxygens (including phenoxy) is 1. The number of carbonyl (C=O) groups excluding carboxylic acids is 1. The molecule has 0 spiro atoms. The number of halogens is 1. The minimum Gasteiger partial charge on any atom is -0.480 e. The molecule has 0 saturated carbocycles. The first-order valence-corrected chi connectivity index (χ1v) is 6.13. The van der Waals surface area contributed by atoms with Gasteiger partial charge in [0.05, 0.1) is 13.2 Å². The molecule has 1 aromatic rings. The third-order valence-corrected chi connectivity index (χ3v) is 3.10. The number of rotatable bonds is 2. The van der Waals surface area contributed by atoms with Gasteiger partial charge in [0.2, 0.25) is 0 Å². The van der Waals surface area contributed by atoms with Crippen molar-refractivity contribution in [2.45, 2.75) is 13.0 Å². The van der Waals surface area contributed by atoms with Gasteiger partial charge < -0.3 is 20.1 Å². The predicted molar refractivity (Wildman–Crippen MR) is 69.1 cm³/mol. The summed E-state index contributed by atoms with van der Waals surface area (Å²) in [4.78, 5) is 24.4. The van der Waals surface area contributed by atoms with Crippen molar-refractivity contribution < 1.29 is 23.8 Å². The topological polar surface area (TPSA) is 78.9 Å². The van der Waals surface area contributed by atoms with Gasteiger partial charge in [-0.25, -0.2) is 14.0 Å². The molecule has 20 heavy (non-hydrogen) atoms. The molecule has 1 saturated heterocycles. The SMILES string of the molecule is Cc1cc(F)ccc1NC(=O)N1CCOCC1C(=O)O. The summed E-state index contributed by atoms with van der Waals surface area (Å²) in [6.45, 7) is 2.11. The summed E-state index contributed by atoms with van der Waals surface area (Å²) in [6, 6.07) is 2.43. The van der Waals surface area contributed by atoms with Gasteiger partial charge in [-0.15, -0.1) is 0 Å². The molecule has 1 atom stereocenters. The molecule has 2 amide bonds. The Bertz CT molecular complexity index is 535. The standard InChI is InChI=1S/C13H15FN2O4/c1-8-6-9(14)2-3-10(8)15-13(19)16-4-5-20-7-11(16)12(17)18/h2-3,6,11H,4-5,7H2,1H3,(H,15,19)(H,17,18). The molecule has 108 valence electrons. The van der Waals surface area contributed by atoms with E-state index >= 15 is 0 Å². The van der Waals surface area contributed by atoms with Gasteiger partial charge >= 0.3 is 12.0 Å². The van der Waals surface area contributed by atoms with Crippen LogP contribution in [-0.4, -0.2) is 47.8 Å². The van der Waals surface area contributed by atoms with Gasteiger partial charge in [0.15, 0.2) is 6.04 Å². The molecule has 7 heteroatoms. The first-order valence-electron chi connectivity index (χ1n) is 6.13. The number of carbonyl (C=O) groups is 2. The molecular weight excluding hydrogens is 267 g/mol. The Hall–Kier alpha value is -2.15. The first-order chi connectivity index (χ1) is 9.49. The summed E-state index contributed by atoms with van der Waals surface area (Å²) in [5.41, 5.74) is 1.02. The van der Waals surface area contributed by atoms with Crippen LogP contribution in [-0.2, 0) is 9.53 Å². The van der Waals surface area contributed by atoms with E-state index < -0.39 is 23.9 Å². The molecule has 1 heterocycles. The highest BCUT2D eigenvalue weighted by Crippen LogP contribution is 2.17. The van der Waals surface area contributed by atoms with Crippen LogP contribution in [0.1, 0.15) is 5.56 Å². The van der Waals surface area contributed by atoms with Crippen LogP contribution in [0.4, 0.5) is 14.9 Å². The Morgan fingerprint density at radius 2 is 2.25 bits per heavy atom. The lowest BCUT2D eigenvalue weighted by molar-refractivity contribution is -0.147. The fourth-order valence-corrected chi connectivity index (χ4v) is 2.01. The molecule has 1 aromatic carbocycles. The molecular formula is C13H15FN2O4. The number of carboxylic acid groups (broad SMARTS) is 1. The van der Waals surface area contributed by atoms with Gasteiger partial charge in [-0.05, 0) is 30.7 Å². The largest absolute Gasteiger partial charge is 0.480 e. The van der Waals surface area contributed by atoms with E-state index in [9.17, 15) is 14.0 Å². The molecule has 0 aliphatic carbocycles. The van der Waals surface area contributed by atoms with E-state index in [1.807, 2.05) is 0 Å². The number of benzene rings is 1. The number of hydrogen-bond acceptors (Lipinski definition) is 3. The summed E-state index contributed by atoms with van der Waals surface area (Å²) in [7, 11) is 0. The van der Waals surface area contributed by atoms with E-state index in [1.54, 1.807) is 6.92 Å². The van der Waals surface area contributed by atoms with Crippen LogP contribution >= 0.6 is 0 Å². The highest BCUT2D eigenvalue weighted by atomic mass is 19.1. The van der Waals surface area contributed by atoms with E-state index in [0.717, 1.165) is 0 Å². The maximum Gasteiger partial charge on any atom is 0.328 e. The van der Waals surface area contributed by atoms with Gasteiger partial charge in [0.25, 0.3) is 0 Å². The minimum absolute atomic E-state index is 0.0366. The van der Waals surface area contributed by atoms with Crippen molar-refractivity contribution in [2.24, 2.45) is 0 Å². The van der Waals surface area contributed by atoms with Gasteiger partial charge in [-0.1, -0.05) is 0 Å². The number of anilines is 1. The zero-order chi connectivity index (χ0) is 14.7. The highest BCUT2D eigenvalue weighted by molar-refractivity contribution is 5.93. The minimum atomic E-state index is -1.12. The van der Waals surface area contributed by atoms with Crippen molar-refractivity contribution in [3.8, 4) is 0 Å². The summed E-state index contributed by atoms with van der Waals surface area (Å²) in [5, 5.41) is 11.7. The van der Waals surface area contributed by atoms with Crippen LogP contribution in [0.2, 0.25) is 0 Å². The Labute approximate surface area is 115 Å². The Morgan fingerprint density at radius 1 is 1.50 bits per heavy atom. The predicted octanol–water partition coefficient (Wildman–Crippen LogP) is 1.45. The van der Waals surface area contributed by atoms with Crippen molar-refractivity contribution in [3.05, 3.63) is 29.6 Å². The number of carboxylic acids is 1. The number of hydrogen-bond donors (Lipinski definition) is 2. The molecule has 1 aliphatic rings. The van der Waals surface area contributed by atoms with Crippen molar-refractivity contribution in [3.63, 3.8) is 0 Å². The molecule has 6 nitrogen and oxygen atoms in total. The number of aryl methyl sites for hydroxylation is 1. The molecule has 1 aliphatic heterocycles. The van der Waals surface area contributed by atoms with Gasteiger partial charge in [0, 0.05) is 12.2 Å². The fourth-order valence-electron chi connectivity index (χ4n) is 2.01. The highest BCUT2D eigenvalue weighted by Gasteiger charge is 2.32. The molecule has 2 rings (SSSR count). The van der Waals surface area contributed by atoms with Crippen LogP contribution in [0.3, 0.4) is 0 Å². The lowest BCUT2D eigenvalue weighted by Gasteiger charge is -2.32. The quantitative estimate of drug-likeness (QED) is 0.860. The van der Waals surface area contributed by atoms with E-state index in [1.165, 1.54) is 23.1 Å². The van der Waals surface area contributed by atoms with Crippen molar-refractivity contribution in [2.75, 3.05) is 25.1 Å². The second-order valence-electron chi connectivity index (χ2n) is 4.51. The zero-order valence-corrected chi connectivity index (χ0v) is 10.9. The average molecular weight is 282 g/mol. The number of amides is 2. The molecule has 1 fully saturated rings. The van der Waals surface area contributed by atoms with Crippen molar-refractivity contribution >= 4 is 17.7 Å².